The summed E-state index contributed by atoms with van der Waals surface area (Å²) in [5, 5.41) is 13.5. The van der Waals surface area contributed by atoms with Crippen LogP contribution >= 0.6 is 11.6 Å². The van der Waals surface area contributed by atoms with E-state index in [9.17, 15) is 9.90 Å². The smallest absolute Gasteiger partial charge is 0.311 e. The predicted molar refractivity (Wildman–Crippen MR) is 78.5 cm³/mol. The van der Waals surface area contributed by atoms with Crippen molar-refractivity contribution in [2.24, 2.45) is 5.41 Å². The highest BCUT2D eigenvalue weighted by Gasteiger charge is 2.39. The first-order chi connectivity index (χ1) is 8.54. The highest BCUT2D eigenvalue weighted by molar-refractivity contribution is 6.30. The Hall–Kier alpha value is -1.06. The van der Waals surface area contributed by atoms with Crippen LogP contribution in [0.15, 0.2) is 24.3 Å². The molecule has 106 valence electrons. The van der Waals surface area contributed by atoms with Crippen LogP contribution < -0.4 is 5.32 Å². The minimum Gasteiger partial charge on any atom is -0.481 e. The molecule has 0 heterocycles. The van der Waals surface area contributed by atoms with E-state index in [-0.39, 0.29) is 11.6 Å². The first kappa shape index (κ1) is 16.0. The van der Waals surface area contributed by atoms with E-state index in [2.05, 4.69) is 5.32 Å². The van der Waals surface area contributed by atoms with Gasteiger partial charge in [-0.3, -0.25) is 4.79 Å². The Morgan fingerprint density at radius 3 is 2.00 bits per heavy atom. The molecule has 1 atom stereocenters. The number of benzene rings is 1. The lowest BCUT2D eigenvalue weighted by Gasteiger charge is -2.37. The van der Waals surface area contributed by atoms with Crippen LogP contribution in [-0.2, 0) is 4.79 Å². The van der Waals surface area contributed by atoms with Gasteiger partial charge in [0.15, 0.2) is 0 Å². The molecular formula is C15H22ClNO2. The third-order valence-electron chi connectivity index (χ3n) is 3.05. The molecule has 1 aromatic carbocycles. The SMILES string of the molecule is CC(C)(C)N[C@@H](c1ccc(Cl)cc1)C(C)(C)C(=O)O. The van der Waals surface area contributed by atoms with E-state index in [0.29, 0.717) is 5.02 Å². The summed E-state index contributed by atoms with van der Waals surface area (Å²) in [6, 6.07) is 7.02. The maximum Gasteiger partial charge on any atom is 0.311 e. The van der Waals surface area contributed by atoms with E-state index in [1.165, 1.54) is 0 Å². The Kier molecular flexibility index (Phi) is 4.64. The number of carboxylic acids is 1. The van der Waals surface area contributed by atoms with Gasteiger partial charge < -0.3 is 10.4 Å². The summed E-state index contributed by atoms with van der Waals surface area (Å²) in [4.78, 5) is 11.5. The molecule has 19 heavy (non-hydrogen) atoms. The number of hydrogen-bond acceptors (Lipinski definition) is 2. The maximum atomic E-state index is 11.5. The van der Waals surface area contributed by atoms with Gasteiger partial charge in [0.25, 0.3) is 0 Å². The lowest BCUT2D eigenvalue weighted by atomic mass is 9.79. The topological polar surface area (TPSA) is 49.3 Å². The van der Waals surface area contributed by atoms with E-state index in [1.807, 2.05) is 32.9 Å². The first-order valence-electron chi connectivity index (χ1n) is 6.30. The Bertz CT molecular complexity index is 446. The summed E-state index contributed by atoms with van der Waals surface area (Å²) in [7, 11) is 0. The molecule has 3 nitrogen and oxygen atoms in total. The summed E-state index contributed by atoms with van der Waals surface area (Å²) in [5.41, 5.74) is -0.176. The van der Waals surface area contributed by atoms with Crippen molar-refractivity contribution in [3.63, 3.8) is 0 Å². The molecule has 0 aliphatic rings. The van der Waals surface area contributed by atoms with Crippen molar-refractivity contribution in [1.29, 1.82) is 0 Å². The van der Waals surface area contributed by atoms with Crippen molar-refractivity contribution in [2.75, 3.05) is 0 Å². The van der Waals surface area contributed by atoms with Crippen LogP contribution in [0.3, 0.4) is 0 Å². The van der Waals surface area contributed by atoms with Crippen molar-refractivity contribution in [3.8, 4) is 0 Å². The summed E-state index contributed by atoms with van der Waals surface area (Å²) in [6.45, 7) is 9.52. The molecule has 0 amide bonds. The molecular weight excluding hydrogens is 262 g/mol. The summed E-state index contributed by atoms with van der Waals surface area (Å²) < 4.78 is 0. The normalized spacial score (nSPS) is 14.2. The van der Waals surface area contributed by atoms with Crippen LogP contribution in [0.25, 0.3) is 0 Å². The van der Waals surface area contributed by atoms with Gasteiger partial charge in [-0.25, -0.2) is 0 Å². The van der Waals surface area contributed by atoms with Crippen molar-refractivity contribution in [3.05, 3.63) is 34.9 Å². The predicted octanol–water partition coefficient (Wildman–Crippen LogP) is 3.88. The molecule has 0 aromatic heterocycles. The molecule has 1 aromatic rings. The minimum atomic E-state index is -0.916. The Balaban J connectivity index is 3.19. The summed E-state index contributed by atoms with van der Waals surface area (Å²) in [5.74, 6) is -0.829. The van der Waals surface area contributed by atoms with E-state index in [1.54, 1.807) is 26.0 Å². The average Bonchev–Trinajstić information content (AvgIpc) is 2.25. The van der Waals surface area contributed by atoms with Gasteiger partial charge in [0.2, 0.25) is 0 Å². The van der Waals surface area contributed by atoms with E-state index >= 15 is 0 Å². The lowest BCUT2D eigenvalue weighted by Crippen LogP contribution is -2.47. The van der Waals surface area contributed by atoms with Crippen LogP contribution in [-0.4, -0.2) is 16.6 Å². The van der Waals surface area contributed by atoms with E-state index in [4.69, 9.17) is 11.6 Å². The van der Waals surface area contributed by atoms with Crippen LogP contribution in [0.4, 0.5) is 0 Å². The maximum absolute atomic E-state index is 11.5. The zero-order valence-corrected chi connectivity index (χ0v) is 12.9. The number of aliphatic carboxylic acids is 1. The quantitative estimate of drug-likeness (QED) is 0.882. The van der Waals surface area contributed by atoms with E-state index < -0.39 is 11.4 Å². The van der Waals surface area contributed by atoms with Gasteiger partial charge in [0.1, 0.15) is 0 Å². The zero-order valence-electron chi connectivity index (χ0n) is 12.1. The van der Waals surface area contributed by atoms with Gasteiger partial charge >= 0.3 is 5.97 Å². The molecule has 0 unspecified atom stereocenters. The molecule has 0 aliphatic carbocycles. The summed E-state index contributed by atoms with van der Waals surface area (Å²) >= 11 is 5.89. The summed E-state index contributed by atoms with van der Waals surface area (Å²) in [6.07, 6.45) is 0. The molecule has 0 fully saturated rings. The molecule has 0 saturated carbocycles. The molecule has 0 bridgehead atoms. The standard InChI is InChI=1S/C15H22ClNO2/c1-14(2,3)17-12(15(4,5)13(18)19)10-6-8-11(16)9-7-10/h6-9,12,17H,1-5H3,(H,18,19)/t12-/m0/s1. The molecule has 4 heteroatoms. The van der Waals surface area contributed by atoms with Gasteiger partial charge in [-0.2, -0.15) is 0 Å². The molecule has 0 spiro atoms. The second-order valence-corrected chi connectivity index (χ2v) is 6.84. The van der Waals surface area contributed by atoms with Gasteiger partial charge in [-0.05, 0) is 52.3 Å². The second kappa shape index (κ2) is 5.51. The lowest BCUT2D eigenvalue weighted by molar-refractivity contribution is -0.149. The molecule has 0 radical (unpaired) electrons. The van der Waals surface area contributed by atoms with Crippen molar-refractivity contribution in [1.82, 2.24) is 5.32 Å². The van der Waals surface area contributed by atoms with E-state index in [0.717, 1.165) is 5.56 Å². The number of carbonyl (C=O) groups is 1. The molecule has 0 saturated heterocycles. The number of hydrogen-bond donors (Lipinski definition) is 2. The van der Waals surface area contributed by atoms with Crippen molar-refractivity contribution >= 4 is 17.6 Å². The van der Waals surface area contributed by atoms with Gasteiger partial charge in [0, 0.05) is 16.6 Å². The Morgan fingerprint density at radius 1 is 1.16 bits per heavy atom. The number of nitrogens with one attached hydrogen (secondary N) is 1. The third-order valence-corrected chi connectivity index (χ3v) is 3.31. The number of rotatable bonds is 4. The van der Waals surface area contributed by atoms with Crippen molar-refractivity contribution < 1.29 is 9.90 Å². The monoisotopic (exact) mass is 283 g/mol. The van der Waals surface area contributed by atoms with Gasteiger partial charge in [-0.15, -0.1) is 0 Å². The molecule has 2 N–H and O–H groups in total. The molecule has 0 aliphatic heterocycles. The first-order valence-corrected chi connectivity index (χ1v) is 6.68. The third kappa shape index (κ3) is 4.22. The minimum absolute atomic E-state index is 0.184. The van der Waals surface area contributed by atoms with Crippen LogP contribution in [0.1, 0.15) is 46.2 Å². The number of carboxylic acid groups (broad SMARTS) is 1. The van der Waals surface area contributed by atoms with Crippen LogP contribution in [0, 0.1) is 5.41 Å². The Morgan fingerprint density at radius 2 is 1.63 bits per heavy atom. The van der Waals surface area contributed by atoms with Crippen LogP contribution in [0.2, 0.25) is 5.02 Å². The Labute approximate surface area is 120 Å². The molecule has 1 rings (SSSR count). The second-order valence-electron chi connectivity index (χ2n) is 6.41. The average molecular weight is 284 g/mol. The highest BCUT2D eigenvalue weighted by atomic mass is 35.5. The van der Waals surface area contributed by atoms with Gasteiger partial charge in [0.05, 0.1) is 5.41 Å². The number of halogens is 1. The highest BCUT2D eigenvalue weighted by Crippen LogP contribution is 2.35. The van der Waals surface area contributed by atoms with Crippen molar-refractivity contribution in [2.45, 2.75) is 46.2 Å². The zero-order chi connectivity index (χ0) is 14.8. The van der Waals surface area contributed by atoms with Crippen LogP contribution in [0.5, 0.6) is 0 Å². The largest absolute Gasteiger partial charge is 0.481 e. The fourth-order valence-electron chi connectivity index (χ4n) is 1.89. The fraction of sp³-hybridized carbons (Fsp3) is 0.533. The van der Waals surface area contributed by atoms with Gasteiger partial charge in [-0.1, -0.05) is 23.7 Å². The fourth-order valence-corrected chi connectivity index (χ4v) is 2.02.